The molecule has 4 aliphatic rings. The first kappa shape index (κ1) is 22.3. The number of carbonyl (C=O) groups is 1. The molecule has 0 radical (unpaired) electrons. The van der Waals surface area contributed by atoms with Crippen LogP contribution in [-0.2, 0) is 4.79 Å². The molecular formula is C25H31Cl2N3O2. The fourth-order valence-corrected chi connectivity index (χ4v) is 6.17. The van der Waals surface area contributed by atoms with Gasteiger partial charge in [0.15, 0.2) is 0 Å². The van der Waals surface area contributed by atoms with E-state index in [0.717, 1.165) is 82.6 Å². The van der Waals surface area contributed by atoms with Crippen molar-refractivity contribution in [2.24, 2.45) is 5.92 Å². The number of anilines is 1. The standard InChI is InChI=1S/C25H31Cl2N3O2/c26-20-4-1-5-21(24(20)27)29-13-11-28(12-14-29)10-8-22(31)19-15-17-3-2-9-30-23(32)7-6-18(16-19)25(17)30/h1,4-5,16-17,22,31H,2-3,6-15H2. The summed E-state index contributed by atoms with van der Waals surface area (Å²) in [5.74, 6) is 0.688. The number of hydrogen-bond acceptors (Lipinski definition) is 4. The van der Waals surface area contributed by atoms with Gasteiger partial charge in [0, 0.05) is 57.3 Å². The molecule has 1 amide bonds. The number of piperazine rings is 1. The quantitative estimate of drug-likeness (QED) is 0.681. The molecule has 32 heavy (non-hydrogen) atoms. The smallest absolute Gasteiger partial charge is 0.227 e. The predicted molar refractivity (Wildman–Crippen MR) is 129 cm³/mol. The molecule has 7 heteroatoms. The number of nitrogens with zero attached hydrogens (tertiary/aromatic N) is 3. The lowest BCUT2D eigenvalue weighted by Gasteiger charge is -2.43. The second-order valence-corrected chi connectivity index (χ2v) is 10.2. The maximum atomic E-state index is 12.3. The third-order valence-corrected chi connectivity index (χ3v) is 8.29. The summed E-state index contributed by atoms with van der Waals surface area (Å²) in [5, 5.41) is 12.2. The van der Waals surface area contributed by atoms with Crippen LogP contribution in [0.2, 0.25) is 10.0 Å². The molecule has 2 saturated heterocycles. The van der Waals surface area contributed by atoms with Crippen LogP contribution in [0, 0.1) is 5.92 Å². The molecule has 5 nitrogen and oxygen atoms in total. The van der Waals surface area contributed by atoms with Crippen LogP contribution in [0.25, 0.3) is 0 Å². The summed E-state index contributed by atoms with van der Waals surface area (Å²) in [5.41, 5.74) is 4.72. The van der Waals surface area contributed by atoms with Crippen molar-refractivity contribution < 1.29 is 9.90 Å². The number of allylic oxidation sites excluding steroid dienone is 3. The monoisotopic (exact) mass is 475 g/mol. The lowest BCUT2D eigenvalue weighted by atomic mass is 9.77. The molecule has 0 saturated carbocycles. The zero-order valence-corrected chi connectivity index (χ0v) is 19.9. The molecular weight excluding hydrogens is 445 g/mol. The topological polar surface area (TPSA) is 47.0 Å². The summed E-state index contributed by atoms with van der Waals surface area (Å²) < 4.78 is 0. The predicted octanol–water partition coefficient (Wildman–Crippen LogP) is 4.48. The number of hydrogen-bond donors (Lipinski definition) is 1. The van der Waals surface area contributed by atoms with E-state index in [4.69, 9.17) is 23.2 Å². The van der Waals surface area contributed by atoms with Crippen molar-refractivity contribution >= 4 is 34.8 Å². The van der Waals surface area contributed by atoms with Gasteiger partial charge in [-0.1, -0.05) is 35.3 Å². The Hall–Kier alpha value is -1.53. The summed E-state index contributed by atoms with van der Waals surface area (Å²) in [6.07, 6.45) is 7.07. The van der Waals surface area contributed by atoms with Crippen molar-refractivity contribution in [1.29, 1.82) is 0 Å². The van der Waals surface area contributed by atoms with Gasteiger partial charge in [-0.05, 0) is 55.4 Å². The number of rotatable bonds is 5. The first-order chi connectivity index (χ1) is 15.5. The second-order valence-electron chi connectivity index (χ2n) is 9.42. The van der Waals surface area contributed by atoms with E-state index in [2.05, 4.69) is 15.9 Å². The van der Waals surface area contributed by atoms with Crippen molar-refractivity contribution in [2.75, 3.05) is 44.2 Å². The summed E-state index contributed by atoms with van der Waals surface area (Å²) >= 11 is 12.6. The van der Waals surface area contributed by atoms with Crippen molar-refractivity contribution in [2.45, 2.75) is 44.6 Å². The van der Waals surface area contributed by atoms with E-state index >= 15 is 0 Å². The highest BCUT2D eigenvalue weighted by Gasteiger charge is 2.37. The maximum absolute atomic E-state index is 12.3. The van der Waals surface area contributed by atoms with Crippen LogP contribution in [0.4, 0.5) is 5.69 Å². The molecule has 1 N–H and O–H groups in total. The summed E-state index contributed by atoms with van der Waals surface area (Å²) in [6.45, 7) is 5.46. The Kier molecular flexibility index (Phi) is 6.53. The molecule has 2 fully saturated rings. The SMILES string of the molecule is O=C1CCC2=C3C(CCCN13)CC(C(O)CCN1CCN(c3cccc(Cl)c3Cl)CC1)=C2. The van der Waals surface area contributed by atoms with E-state index in [0.29, 0.717) is 22.4 Å². The van der Waals surface area contributed by atoms with Crippen LogP contribution in [-0.4, -0.2) is 66.2 Å². The van der Waals surface area contributed by atoms with E-state index in [9.17, 15) is 9.90 Å². The minimum atomic E-state index is -0.405. The number of aliphatic hydroxyl groups excluding tert-OH is 1. The molecule has 1 aromatic rings. The Morgan fingerprint density at radius 1 is 1.09 bits per heavy atom. The lowest BCUT2D eigenvalue weighted by molar-refractivity contribution is -0.131. The van der Waals surface area contributed by atoms with Crippen LogP contribution in [0.15, 0.2) is 41.1 Å². The van der Waals surface area contributed by atoms with Gasteiger partial charge >= 0.3 is 0 Å². The van der Waals surface area contributed by atoms with Gasteiger partial charge < -0.3 is 14.9 Å². The number of benzene rings is 1. The van der Waals surface area contributed by atoms with Crippen LogP contribution in [0.5, 0.6) is 0 Å². The number of aliphatic hydroxyl groups is 1. The third kappa shape index (κ3) is 4.33. The Morgan fingerprint density at radius 3 is 2.72 bits per heavy atom. The average molecular weight is 476 g/mol. The highest BCUT2D eigenvalue weighted by molar-refractivity contribution is 6.43. The van der Waals surface area contributed by atoms with Crippen molar-refractivity contribution in [3.63, 3.8) is 0 Å². The normalized spacial score (nSPS) is 25.0. The van der Waals surface area contributed by atoms with E-state index in [-0.39, 0.29) is 5.91 Å². The molecule has 1 aliphatic carbocycles. The van der Waals surface area contributed by atoms with E-state index < -0.39 is 6.10 Å². The van der Waals surface area contributed by atoms with Crippen molar-refractivity contribution in [1.82, 2.24) is 9.80 Å². The minimum Gasteiger partial charge on any atom is -0.389 e. The van der Waals surface area contributed by atoms with Crippen LogP contribution < -0.4 is 4.90 Å². The van der Waals surface area contributed by atoms with Crippen molar-refractivity contribution in [3.8, 4) is 0 Å². The van der Waals surface area contributed by atoms with Crippen LogP contribution in [0.3, 0.4) is 0 Å². The van der Waals surface area contributed by atoms with Crippen LogP contribution >= 0.6 is 23.2 Å². The number of piperidine rings is 1. The van der Waals surface area contributed by atoms with E-state index in [1.54, 1.807) is 0 Å². The summed E-state index contributed by atoms with van der Waals surface area (Å²) in [6, 6.07) is 5.79. The third-order valence-electron chi connectivity index (χ3n) is 7.48. The number of amides is 1. The fourth-order valence-electron chi connectivity index (χ4n) is 5.76. The molecule has 2 atom stereocenters. The van der Waals surface area contributed by atoms with Gasteiger partial charge in [0.25, 0.3) is 0 Å². The molecule has 3 heterocycles. The zero-order valence-electron chi connectivity index (χ0n) is 18.4. The molecule has 0 spiro atoms. The fraction of sp³-hybridized carbons (Fsp3) is 0.560. The molecule has 1 aromatic carbocycles. The Morgan fingerprint density at radius 2 is 1.91 bits per heavy atom. The summed E-state index contributed by atoms with van der Waals surface area (Å²) in [7, 11) is 0. The average Bonchev–Trinajstić information content (AvgIpc) is 2.82. The highest BCUT2D eigenvalue weighted by atomic mass is 35.5. The molecule has 2 unspecified atom stereocenters. The molecule has 0 bridgehead atoms. The zero-order chi connectivity index (χ0) is 22.2. The largest absolute Gasteiger partial charge is 0.389 e. The Bertz CT molecular complexity index is 953. The van der Waals surface area contributed by atoms with Gasteiger partial charge in [0.2, 0.25) is 5.91 Å². The molecule has 3 aliphatic heterocycles. The first-order valence-electron chi connectivity index (χ1n) is 11.8. The van der Waals surface area contributed by atoms with Gasteiger partial charge in [-0.25, -0.2) is 0 Å². The molecule has 172 valence electrons. The van der Waals surface area contributed by atoms with Crippen LogP contribution in [0.1, 0.15) is 38.5 Å². The van der Waals surface area contributed by atoms with Gasteiger partial charge in [0.1, 0.15) is 0 Å². The maximum Gasteiger partial charge on any atom is 0.227 e. The second kappa shape index (κ2) is 9.38. The molecule has 0 aromatic heterocycles. The summed E-state index contributed by atoms with van der Waals surface area (Å²) in [4.78, 5) is 19.0. The van der Waals surface area contributed by atoms with E-state index in [1.807, 2.05) is 23.1 Å². The number of carbonyl (C=O) groups excluding carboxylic acids is 1. The number of halogens is 2. The minimum absolute atomic E-state index is 0.282. The highest BCUT2D eigenvalue weighted by Crippen LogP contribution is 2.43. The van der Waals surface area contributed by atoms with Gasteiger partial charge in [-0.15, -0.1) is 0 Å². The van der Waals surface area contributed by atoms with E-state index in [1.165, 1.54) is 11.3 Å². The lowest BCUT2D eigenvalue weighted by Crippen LogP contribution is -2.47. The Labute approximate surface area is 200 Å². The van der Waals surface area contributed by atoms with Gasteiger partial charge in [0.05, 0.1) is 21.8 Å². The Balaban J connectivity index is 1.17. The molecule has 5 rings (SSSR count). The first-order valence-corrected chi connectivity index (χ1v) is 12.6. The van der Waals surface area contributed by atoms with Crippen molar-refractivity contribution in [3.05, 3.63) is 51.2 Å². The van der Waals surface area contributed by atoms with Gasteiger partial charge in [-0.3, -0.25) is 9.69 Å². The van der Waals surface area contributed by atoms with Gasteiger partial charge in [-0.2, -0.15) is 0 Å².